The fourth-order valence-corrected chi connectivity index (χ4v) is 4.30. The predicted molar refractivity (Wildman–Crippen MR) is 123 cm³/mol. The maximum atomic E-state index is 12.9. The van der Waals surface area contributed by atoms with Crippen LogP contribution in [-0.4, -0.2) is 59.7 Å². The molecule has 1 aromatic carbocycles. The molecule has 0 spiro atoms. The van der Waals surface area contributed by atoms with E-state index in [0.29, 0.717) is 61.9 Å². The Hall–Kier alpha value is -3.44. The molecule has 1 N–H and O–H groups in total. The molecule has 1 saturated heterocycles. The second-order valence-electron chi connectivity index (χ2n) is 9.04. The molecule has 2 heterocycles. The number of methoxy groups -OCH3 is 1. The van der Waals surface area contributed by atoms with Crippen molar-refractivity contribution in [3.8, 4) is 11.8 Å². The van der Waals surface area contributed by atoms with E-state index in [1.54, 1.807) is 18.1 Å². The van der Waals surface area contributed by atoms with Crippen LogP contribution >= 0.6 is 0 Å². The number of hydrogen-bond donors (Lipinski definition) is 1. The summed E-state index contributed by atoms with van der Waals surface area (Å²) in [5.74, 6) is 2.02. The number of carbonyl (C=O) groups excluding carboxylic acids is 1. The van der Waals surface area contributed by atoms with E-state index in [4.69, 9.17) is 19.4 Å². The zero-order valence-corrected chi connectivity index (χ0v) is 19.0. The third-order valence-corrected chi connectivity index (χ3v) is 6.52. The Morgan fingerprint density at radius 3 is 2.79 bits per heavy atom. The molecule has 3 aliphatic rings. The molecule has 2 aliphatic carbocycles. The second-order valence-corrected chi connectivity index (χ2v) is 9.04. The molecule has 8 nitrogen and oxygen atoms in total. The largest absolute Gasteiger partial charge is 0.496 e. The zero-order chi connectivity index (χ0) is 23.0. The van der Waals surface area contributed by atoms with Crippen LogP contribution in [0.3, 0.4) is 0 Å². The average Bonchev–Trinajstić information content (AvgIpc) is 3.41. The minimum absolute atomic E-state index is 0.0174. The third kappa shape index (κ3) is 4.29. The van der Waals surface area contributed by atoms with Crippen LogP contribution in [0.1, 0.15) is 52.8 Å². The maximum Gasteiger partial charge on any atom is 0.254 e. The van der Waals surface area contributed by atoms with Gasteiger partial charge in [0.05, 0.1) is 43.2 Å². The van der Waals surface area contributed by atoms with Crippen molar-refractivity contribution in [1.82, 2.24) is 14.9 Å². The summed E-state index contributed by atoms with van der Waals surface area (Å²) in [6, 6.07) is 7.82. The molecule has 1 amide bonds. The van der Waals surface area contributed by atoms with Gasteiger partial charge in [0.25, 0.3) is 5.91 Å². The van der Waals surface area contributed by atoms with Crippen molar-refractivity contribution in [3.05, 3.63) is 52.5 Å². The summed E-state index contributed by atoms with van der Waals surface area (Å²) in [7, 11) is 1.61. The Labute approximate surface area is 193 Å². The third-order valence-electron chi connectivity index (χ3n) is 6.52. The molecule has 2 aromatic rings. The van der Waals surface area contributed by atoms with Crippen molar-refractivity contribution in [3.63, 3.8) is 0 Å². The fraction of sp³-hybridized carbons (Fsp3) is 0.440. The predicted octanol–water partition coefficient (Wildman–Crippen LogP) is 2.98. The van der Waals surface area contributed by atoms with Crippen LogP contribution in [0.5, 0.6) is 5.75 Å². The van der Waals surface area contributed by atoms with Gasteiger partial charge in [-0.2, -0.15) is 5.26 Å². The Morgan fingerprint density at radius 2 is 2.09 bits per heavy atom. The highest BCUT2D eigenvalue weighted by Crippen LogP contribution is 2.41. The monoisotopic (exact) mass is 445 g/mol. The van der Waals surface area contributed by atoms with Crippen molar-refractivity contribution < 1.29 is 14.3 Å². The number of carbonyl (C=O) groups is 1. The van der Waals surface area contributed by atoms with Crippen molar-refractivity contribution in [1.29, 1.82) is 5.26 Å². The fourth-order valence-electron chi connectivity index (χ4n) is 4.30. The number of hydrogen-bond acceptors (Lipinski definition) is 7. The number of nitriles is 1. The van der Waals surface area contributed by atoms with Gasteiger partial charge in [-0.15, -0.1) is 0 Å². The van der Waals surface area contributed by atoms with Crippen LogP contribution < -0.4 is 10.1 Å². The first-order valence-electron chi connectivity index (χ1n) is 11.3. The quantitative estimate of drug-likeness (QED) is 0.730. The number of morpholine rings is 1. The molecule has 0 bridgehead atoms. The molecule has 2 fully saturated rings. The molecule has 33 heavy (non-hydrogen) atoms. The van der Waals surface area contributed by atoms with E-state index in [1.165, 1.54) is 0 Å². The van der Waals surface area contributed by atoms with Gasteiger partial charge in [0, 0.05) is 42.6 Å². The number of nitrogens with one attached hydrogen (secondary N) is 1. The molecule has 0 radical (unpaired) electrons. The van der Waals surface area contributed by atoms with Crippen LogP contribution in [0.4, 0.5) is 5.82 Å². The highest BCUT2D eigenvalue weighted by atomic mass is 16.5. The smallest absolute Gasteiger partial charge is 0.254 e. The lowest BCUT2D eigenvalue weighted by molar-refractivity contribution is 0.0302. The van der Waals surface area contributed by atoms with Gasteiger partial charge in [0.1, 0.15) is 17.4 Å². The number of allylic oxidation sites excluding steroid dienone is 2. The highest BCUT2D eigenvalue weighted by molar-refractivity contribution is 5.95. The molecule has 1 saturated carbocycles. The zero-order valence-electron chi connectivity index (χ0n) is 19.0. The molecule has 5 rings (SSSR count). The number of rotatable bonds is 6. The maximum absolute atomic E-state index is 12.9. The van der Waals surface area contributed by atoms with Crippen molar-refractivity contribution in [2.45, 2.75) is 38.1 Å². The molecular formula is C25H27N5O3. The number of amides is 1. The summed E-state index contributed by atoms with van der Waals surface area (Å²) < 4.78 is 11.0. The first-order chi connectivity index (χ1) is 16.0. The number of ether oxygens (including phenoxy) is 2. The Morgan fingerprint density at radius 1 is 1.30 bits per heavy atom. The Kier molecular flexibility index (Phi) is 5.51. The lowest BCUT2D eigenvalue weighted by atomic mass is 10.1. The molecule has 170 valence electrons. The first kappa shape index (κ1) is 21.4. The van der Waals surface area contributed by atoms with Crippen LogP contribution in [0.15, 0.2) is 24.3 Å². The average molecular weight is 446 g/mol. The highest BCUT2D eigenvalue weighted by Gasteiger charge is 2.39. The van der Waals surface area contributed by atoms with E-state index in [9.17, 15) is 10.1 Å². The number of aromatic nitrogens is 2. The number of benzene rings is 1. The first-order valence-corrected chi connectivity index (χ1v) is 11.3. The van der Waals surface area contributed by atoms with E-state index in [1.807, 2.05) is 18.2 Å². The van der Waals surface area contributed by atoms with Gasteiger partial charge in [-0.1, -0.05) is 12.1 Å². The van der Waals surface area contributed by atoms with E-state index in [2.05, 4.69) is 18.3 Å². The molecule has 1 aliphatic heterocycles. The number of nitrogens with zero attached hydrogens (tertiary/aromatic N) is 4. The van der Waals surface area contributed by atoms with Crippen molar-refractivity contribution in [2.75, 3.05) is 38.7 Å². The molecule has 8 heteroatoms. The van der Waals surface area contributed by atoms with Crippen LogP contribution in [0, 0.1) is 11.3 Å². The van der Waals surface area contributed by atoms with Gasteiger partial charge in [-0.05, 0) is 31.9 Å². The lowest BCUT2D eigenvalue weighted by Gasteiger charge is -2.27. The summed E-state index contributed by atoms with van der Waals surface area (Å²) in [5, 5.41) is 13.1. The SMILES string of the molecule is COc1cc(C(=O)N2CCOCC2)ccc1Cc1nc2c(c(NC3(C)CC3)n1)C(C#N)=CC2. The summed E-state index contributed by atoms with van der Waals surface area (Å²) >= 11 is 0. The normalized spacial score (nSPS) is 18.2. The second kappa shape index (κ2) is 8.49. The summed E-state index contributed by atoms with van der Waals surface area (Å²) in [4.78, 5) is 24.2. The van der Waals surface area contributed by atoms with Crippen LogP contribution in [0.25, 0.3) is 5.57 Å². The van der Waals surface area contributed by atoms with E-state index in [0.717, 1.165) is 35.5 Å². The summed E-state index contributed by atoms with van der Waals surface area (Å²) in [6.45, 7) is 4.49. The number of anilines is 1. The van der Waals surface area contributed by atoms with E-state index >= 15 is 0 Å². The van der Waals surface area contributed by atoms with E-state index < -0.39 is 0 Å². The minimum atomic E-state index is -0.0174. The topological polar surface area (TPSA) is 100 Å². The summed E-state index contributed by atoms with van der Waals surface area (Å²) in [6.07, 6.45) is 5.17. The van der Waals surface area contributed by atoms with E-state index in [-0.39, 0.29) is 11.4 Å². The van der Waals surface area contributed by atoms with Crippen molar-refractivity contribution in [2.24, 2.45) is 0 Å². The molecule has 0 atom stereocenters. The lowest BCUT2D eigenvalue weighted by Crippen LogP contribution is -2.40. The standard InChI is InChI=1S/C25H27N5O3/c1-25(7-8-25)29-23-22-18(15-26)5-6-19(22)27-21(28-23)14-16-3-4-17(13-20(16)32-2)24(31)30-9-11-33-12-10-30/h3-5,13H,6-12,14H2,1-2H3,(H,27,28,29). The van der Waals surface area contributed by atoms with Crippen molar-refractivity contribution >= 4 is 17.3 Å². The van der Waals surface area contributed by atoms with Gasteiger partial charge < -0.3 is 19.7 Å². The van der Waals surface area contributed by atoms with Crippen LogP contribution in [0.2, 0.25) is 0 Å². The van der Waals surface area contributed by atoms with Gasteiger partial charge >= 0.3 is 0 Å². The van der Waals surface area contributed by atoms with Gasteiger partial charge in [-0.25, -0.2) is 9.97 Å². The van der Waals surface area contributed by atoms with Gasteiger partial charge in [-0.3, -0.25) is 4.79 Å². The minimum Gasteiger partial charge on any atom is -0.496 e. The Bertz CT molecular complexity index is 1170. The molecule has 1 aromatic heterocycles. The molecule has 0 unspecified atom stereocenters. The molecular weight excluding hydrogens is 418 g/mol. The number of fused-ring (bicyclic) bond motifs is 1. The summed E-state index contributed by atoms with van der Waals surface area (Å²) in [5.41, 5.74) is 3.87. The van der Waals surface area contributed by atoms with Gasteiger partial charge in [0.15, 0.2) is 0 Å². The Balaban J connectivity index is 1.42. The van der Waals surface area contributed by atoms with Crippen LogP contribution in [-0.2, 0) is 17.6 Å². The van der Waals surface area contributed by atoms with Gasteiger partial charge in [0.2, 0.25) is 0 Å².